The molecule has 2 N–H and O–H groups in total. The standard InChI is InChI=1S/C20H22FN3O5S2/c21-15-5-7-16(8-6-15)31(27,28)23-18-4-2-1-3-17(18)22-19(25)13-30-14-20(26)24-9-11-29-12-10-24/h1-8,23H,9-14H2,(H,22,25). The summed E-state index contributed by atoms with van der Waals surface area (Å²) in [6.45, 7) is 2.13. The van der Waals surface area contributed by atoms with E-state index in [2.05, 4.69) is 10.0 Å². The van der Waals surface area contributed by atoms with E-state index in [-0.39, 0.29) is 39.6 Å². The molecule has 166 valence electrons. The molecule has 1 heterocycles. The first-order valence-corrected chi connectivity index (χ1v) is 12.1. The molecular formula is C20H22FN3O5S2. The second-order valence-corrected chi connectivity index (χ2v) is 9.31. The number of anilines is 2. The van der Waals surface area contributed by atoms with Crippen molar-refractivity contribution < 1.29 is 27.1 Å². The predicted molar refractivity (Wildman–Crippen MR) is 117 cm³/mol. The average Bonchev–Trinajstić information content (AvgIpc) is 2.76. The number of morpholine rings is 1. The summed E-state index contributed by atoms with van der Waals surface area (Å²) in [4.78, 5) is 26.0. The van der Waals surface area contributed by atoms with Crippen molar-refractivity contribution in [3.05, 3.63) is 54.3 Å². The van der Waals surface area contributed by atoms with Crippen LogP contribution >= 0.6 is 11.8 Å². The van der Waals surface area contributed by atoms with Gasteiger partial charge < -0.3 is 15.0 Å². The van der Waals surface area contributed by atoms with E-state index in [1.807, 2.05) is 0 Å². The highest BCUT2D eigenvalue weighted by Crippen LogP contribution is 2.25. The molecule has 0 spiro atoms. The molecule has 1 saturated heterocycles. The Labute approximate surface area is 184 Å². The maximum atomic E-state index is 13.1. The Hall–Kier alpha value is -2.63. The number of rotatable bonds is 8. The Kier molecular flexibility index (Phi) is 7.88. The number of nitrogens with one attached hydrogen (secondary N) is 2. The number of para-hydroxylation sites is 2. The zero-order valence-corrected chi connectivity index (χ0v) is 18.2. The van der Waals surface area contributed by atoms with E-state index in [1.165, 1.54) is 17.8 Å². The van der Waals surface area contributed by atoms with Gasteiger partial charge in [0.25, 0.3) is 10.0 Å². The highest BCUT2D eigenvalue weighted by Gasteiger charge is 2.19. The van der Waals surface area contributed by atoms with Gasteiger partial charge in [0.2, 0.25) is 11.8 Å². The summed E-state index contributed by atoms with van der Waals surface area (Å²) in [6, 6.07) is 10.8. The number of hydrogen-bond acceptors (Lipinski definition) is 6. The maximum absolute atomic E-state index is 13.1. The molecule has 1 aliphatic heterocycles. The van der Waals surface area contributed by atoms with Gasteiger partial charge in [-0.3, -0.25) is 14.3 Å². The number of thioether (sulfide) groups is 1. The van der Waals surface area contributed by atoms with Gasteiger partial charge in [0.05, 0.1) is 41.0 Å². The molecule has 0 radical (unpaired) electrons. The van der Waals surface area contributed by atoms with Crippen LogP contribution in [-0.4, -0.2) is 62.9 Å². The van der Waals surface area contributed by atoms with E-state index >= 15 is 0 Å². The van der Waals surface area contributed by atoms with Gasteiger partial charge in [-0.25, -0.2) is 12.8 Å². The van der Waals surface area contributed by atoms with Crippen LogP contribution in [-0.2, 0) is 24.3 Å². The summed E-state index contributed by atoms with van der Waals surface area (Å²) in [5.41, 5.74) is 0.452. The normalized spacial score (nSPS) is 14.2. The monoisotopic (exact) mass is 467 g/mol. The number of hydrogen-bond donors (Lipinski definition) is 2. The largest absolute Gasteiger partial charge is 0.378 e. The van der Waals surface area contributed by atoms with Crippen LogP contribution in [0, 0.1) is 5.82 Å². The van der Waals surface area contributed by atoms with Crippen LogP contribution in [0.15, 0.2) is 53.4 Å². The van der Waals surface area contributed by atoms with Crippen molar-refractivity contribution in [3.63, 3.8) is 0 Å². The van der Waals surface area contributed by atoms with Gasteiger partial charge in [-0.1, -0.05) is 12.1 Å². The van der Waals surface area contributed by atoms with Crippen molar-refractivity contribution in [1.82, 2.24) is 4.90 Å². The second-order valence-electron chi connectivity index (χ2n) is 6.64. The number of carbonyl (C=O) groups is 2. The first kappa shape index (κ1) is 23.0. The smallest absolute Gasteiger partial charge is 0.261 e. The Morgan fingerprint density at radius 1 is 1.00 bits per heavy atom. The molecular weight excluding hydrogens is 445 g/mol. The third-order valence-corrected chi connectivity index (χ3v) is 6.69. The lowest BCUT2D eigenvalue weighted by Crippen LogP contribution is -2.41. The van der Waals surface area contributed by atoms with Crippen LogP contribution < -0.4 is 10.0 Å². The van der Waals surface area contributed by atoms with Crippen LogP contribution in [0.3, 0.4) is 0 Å². The van der Waals surface area contributed by atoms with Crippen LogP contribution in [0.25, 0.3) is 0 Å². The summed E-state index contributed by atoms with van der Waals surface area (Å²) >= 11 is 1.18. The van der Waals surface area contributed by atoms with Crippen molar-refractivity contribution in [2.45, 2.75) is 4.90 Å². The van der Waals surface area contributed by atoms with E-state index in [1.54, 1.807) is 23.1 Å². The third-order valence-electron chi connectivity index (χ3n) is 4.39. The summed E-state index contributed by atoms with van der Waals surface area (Å²) in [7, 11) is -3.96. The van der Waals surface area contributed by atoms with E-state index < -0.39 is 15.8 Å². The number of halogens is 1. The quantitative estimate of drug-likeness (QED) is 0.617. The third kappa shape index (κ3) is 6.68. The van der Waals surface area contributed by atoms with E-state index in [0.29, 0.717) is 26.3 Å². The Bertz CT molecular complexity index is 1030. The minimum absolute atomic E-state index is 0.0368. The van der Waals surface area contributed by atoms with E-state index in [9.17, 15) is 22.4 Å². The van der Waals surface area contributed by atoms with Gasteiger partial charge in [0, 0.05) is 13.1 Å². The second kappa shape index (κ2) is 10.6. The van der Waals surface area contributed by atoms with Crippen molar-refractivity contribution >= 4 is 45.0 Å². The van der Waals surface area contributed by atoms with Gasteiger partial charge in [-0.15, -0.1) is 11.8 Å². The molecule has 2 aromatic carbocycles. The fourth-order valence-corrected chi connectivity index (χ4v) is 4.62. The summed E-state index contributed by atoms with van der Waals surface area (Å²) in [6.07, 6.45) is 0. The molecule has 0 aliphatic carbocycles. The molecule has 0 saturated carbocycles. The lowest BCUT2D eigenvalue weighted by atomic mass is 10.3. The molecule has 1 aliphatic rings. The first-order chi connectivity index (χ1) is 14.8. The number of amides is 2. The van der Waals surface area contributed by atoms with Gasteiger partial charge in [0.15, 0.2) is 0 Å². The molecule has 2 aromatic rings. The molecule has 31 heavy (non-hydrogen) atoms. The molecule has 2 amide bonds. The lowest BCUT2D eigenvalue weighted by molar-refractivity contribution is -0.132. The lowest BCUT2D eigenvalue weighted by Gasteiger charge is -2.26. The molecule has 0 atom stereocenters. The maximum Gasteiger partial charge on any atom is 0.261 e. The molecule has 0 unspecified atom stereocenters. The number of ether oxygens (including phenoxy) is 1. The number of carbonyl (C=O) groups excluding carboxylic acids is 2. The van der Waals surface area contributed by atoms with Crippen LogP contribution in [0.4, 0.5) is 15.8 Å². The van der Waals surface area contributed by atoms with Gasteiger partial charge in [-0.05, 0) is 36.4 Å². The van der Waals surface area contributed by atoms with Crippen LogP contribution in [0.1, 0.15) is 0 Å². The number of nitrogens with zero attached hydrogens (tertiary/aromatic N) is 1. The Balaban J connectivity index is 1.56. The fourth-order valence-electron chi connectivity index (χ4n) is 2.82. The van der Waals surface area contributed by atoms with Crippen LogP contribution in [0.5, 0.6) is 0 Å². The number of sulfonamides is 1. The van der Waals surface area contributed by atoms with Gasteiger partial charge >= 0.3 is 0 Å². The van der Waals surface area contributed by atoms with Crippen molar-refractivity contribution in [1.29, 1.82) is 0 Å². The Morgan fingerprint density at radius 3 is 2.32 bits per heavy atom. The summed E-state index contributed by atoms with van der Waals surface area (Å²) in [5, 5.41) is 2.66. The average molecular weight is 468 g/mol. The molecule has 3 rings (SSSR count). The minimum atomic E-state index is -3.96. The molecule has 11 heteroatoms. The summed E-state index contributed by atoms with van der Waals surface area (Å²) < 4.78 is 45.8. The zero-order chi connectivity index (χ0) is 22.3. The van der Waals surface area contributed by atoms with Crippen LogP contribution in [0.2, 0.25) is 0 Å². The molecule has 8 nitrogen and oxygen atoms in total. The van der Waals surface area contributed by atoms with Gasteiger partial charge in [-0.2, -0.15) is 0 Å². The molecule has 0 aromatic heterocycles. The van der Waals surface area contributed by atoms with Gasteiger partial charge in [0.1, 0.15) is 5.82 Å². The van der Waals surface area contributed by atoms with Crippen molar-refractivity contribution in [2.75, 3.05) is 47.8 Å². The summed E-state index contributed by atoms with van der Waals surface area (Å²) in [5.74, 6) is -0.750. The highest BCUT2D eigenvalue weighted by atomic mass is 32.2. The van der Waals surface area contributed by atoms with Crippen molar-refractivity contribution in [3.8, 4) is 0 Å². The zero-order valence-electron chi connectivity index (χ0n) is 16.5. The first-order valence-electron chi connectivity index (χ1n) is 9.46. The van der Waals surface area contributed by atoms with E-state index in [4.69, 9.17) is 4.74 Å². The minimum Gasteiger partial charge on any atom is -0.378 e. The van der Waals surface area contributed by atoms with Crippen molar-refractivity contribution in [2.24, 2.45) is 0 Å². The SMILES string of the molecule is O=C(CSCC(=O)N1CCOCC1)Nc1ccccc1NS(=O)(=O)c1ccc(F)cc1. The number of benzene rings is 2. The topological polar surface area (TPSA) is 105 Å². The fraction of sp³-hybridized carbons (Fsp3) is 0.300. The van der Waals surface area contributed by atoms with E-state index in [0.717, 1.165) is 24.3 Å². The molecule has 1 fully saturated rings. The highest BCUT2D eigenvalue weighted by molar-refractivity contribution is 8.00. The predicted octanol–water partition coefficient (Wildman–Crippen LogP) is 2.16. The Morgan fingerprint density at radius 2 is 1.65 bits per heavy atom. The molecule has 0 bridgehead atoms.